The van der Waals surface area contributed by atoms with Crippen molar-refractivity contribution in [2.45, 2.75) is 31.7 Å². The molecule has 0 spiro atoms. The Kier molecular flexibility index (Phi) is 8.15. The molecule has 1 aromatic carbocycles. The number of methoxy groups -OCH3 is 1. The highest BCUT2D eigenvalue weighted by Gasteiger charge is 2.15. The number of para-hydroxylation sites is 2. The first kappa shape index (κ1) is 20.8. The number of aliphatic hydroxyl groups excluding tert-OH is 1. The Morgan fingerprint density at radius 3 is 2.78 bits per heavy atom. The van der Waals surface area contributed by atoms with E-state index in [0.29, 0.717) is 28.8 Å². The van der Waals surface area contributed by atoms with E-state index >= 15 is 0 Å². The number of aliphatic hydroxyl groups is 1. The van der Waals surface area contributed by atoms with Gasteiger partial charge in [-0.25, -0.2) is 4.98 Å². The Labute approximate surface area is 162 Å². The van der Waals surface area contributed by atoms with E-state index in [-0.39, 0.29) is 30.7 Å². The van der Waals surface area contributed by atoms with Gasteiger partial charge in [-0.05, 0) is 18.6 Å². The standard InChI is InChI=1S/C18H24N4O4S/c1-3-8-19-16(24)10-22-13(11-23)9-20-18(22)27-12-17(25)21-14-6-4-5-7-15(14)26-2/h4-7,9,23H,3,8,10-12H2,1-2H3,(H,19,24)(H,21,25). The molecule has 0 aliphatic heterocycles. The molecule has 1 heterocycles. The summed E-state index contributed by atoms with van der Waals surface area (Å²) < 4.78 is 6.83. The summed E-state index contributed by atoms with van der Waals surface area (Å²) in [5.74, 6) is 0.300. The number of aromatic nitrogens is 2. The zero-order valence-electron chi connectivity index (χ0n) is 15.4. The van der Waals surface area contributed by atoms with Crippen molar-refractivity contribution in [2.24, 2.45) is 0 Å². The Bertz CT molecular complexity index is 778. The number of benzene rings is 1. The minimum absolute atomic E-state index is 0.0480. The fourth-order valence-electron chi connectivity index (χ4n) is 2.33. The molecule has 1 aromatic heterocycles. The van der Waals surface area contributed by atoms with Gasteiger partial charge in [0, 0.05) is 6.54 Å². The number of nitrogens with zero attached hydrogens (tertiary/aromatic N) is 2. The topological polar surface area (TPSA) is 105 Å². The first-order chi connectivity index (χ1) is 13.1. The van der Waals surface area contributed by atoms with Crippen LogP contribution in [0.4, 0.5) is 5.69 Å². The molecule has 0 aliphatic rings. The van der Waals surface area contributed by atoms with Crippen LogP contribution in [-0.4, -0.2) is 45.9 Å². The molecule has 0 unspecified atom stereocenters. The second-order valence-electron chi connectivity index (χ2n) is 5.66. The van der Waals surface area contributed by atoms with Gasteiger partial charge in [-0.2, -0.15) is 0 Å². The Morgan fingerprint density at radius 2 is 2.07 bits per heavy atom. The summed E-state index contributed by atoms with van der Waals surface area (Å²) in [6.45, 7) is 2.37. The highest BCUT2D eigenvalue weighted by atomic mass is 32.2. The number of carbonyl (C=O) groups is 2. The summed E-state index contributed by atoms with van der Waals surface area (Å²) in [4.78, 5) is 28.5. The van der Waals surface area contributed by atoms with Gasteiger partial charge in [-0.3, -0.25) is 9.59 Å². The zero-order valence-corrected chi connectivity index (χ0v) is 16.2. The van der Waals surface area contributed by atoms with Crippen molar-refractivity contribution in [2.75, 3.05) is 24.7 Å². The number of hydrogen-bond donors (Lipinski definition) is 3. The minimum atomic E-state index is -0.234. The molecule has 2 rings (SSSR count). The van der Waals surface area contributed by atoms with Crippen molar-refractivity contribution in [3.8, 4) is 5.75 Å². The first-order valence-corrected chi connectivity index (χ1v) is 9.55. The Hall–Kier alpha value is -2.52. The number of amides is 2. The lowest BCUT2D eigenvalue weighted by Crippen LogP contribution is -2.29. The van der Waals surface area contributed by atoms with Crippen LogP contribution in [0.25, 0.3) is 0 Å². The van der Waals surface area contributed by atoms with E-state index in [0.717, 1.165) is 6.42 Å². The number of nitrogens with one attached hydrogen (secondary N) is 2. The van der Waals surface area contributed by atoms with Crippen LogP contribution >= 0.6 is 11.8 Å². The number of rotatable bonds is 10. The molecule has 0 fully saturated rings. The lowest BCUT2D eigenvalue weighted by Gasteiger charge is -2.11. The molecule has 0 aliphatic carbocycles. The van der Waals surface area contributed by atoms with Gasteiger partial charge in [0.25, 0.3) is 0 Å². The zero-order chi connectivity index (χ0) is 19.6. The second kappa shape index (κ2) is 10.6. The summed E-state index contributed by atoms with van der Waals surface area (Å²) in [5.41, 5.74) is 1.11. The summed E-state index contributed by atoms with van der Waals surface area (Å²) in [6, 6.07) is 7.14. The fourth-order valence-corrected chi connectivity index (χ4v) is 3.13. The molecule has 3 N–H and O–H groups in total. The third-order valence-electron chi connectivity index (χ3n) is 3.65. The molecule has 0 radical (unpaired) electrons. The van der Waals surface area contributed by atoms with Gasteiger partial charge < -0.3 is 25.0 Å². The number of carbonyl (C=O) groups excluding carboxylic acids is 2. The van der Waals surface area contributed by atoms with Crippen molar-refractivity contribution >= 4 is 29.3 Å². The predicted octanol–water partition coefficient (Wildman–Crippen LogP) is 1.64. The lowest BCUT2D eigenvalue weighted by molar-refractivity contribution is -0.121. The van der Waals surface area contributed by atoms with Crippen molar-refractivity contribution in [3.63, 3.8) is 0 Å². The molecule has 0 saturated heterocycles. The maximum absolute atomic E-state index is 12.3. The van der Waals surface area contributed by atoms with E-state index in [1.165, 1.54) is 25.1 Å². The summed E-state index contributed by atoms with van der Waals surface area (Å²) in [6.07, 6.45) is 2.35. The van der Waals surface area contributed by atoms with E-state index in [4.69, 9.17) is 4.74 Å². The van der Waals surface area contributed by atoms with Gasteiger partial charge in [0.15, 0.2) is 5.16 Å². The second-order valence-corrected chi connectivity index (χ2v) is 6.61. The Balaban J connectivity index is 1.99. The van der Waals surface area contributed by atoms with Gasteiger partial charge in [0.2, 0.25) is 11.8 Å². The van der Waals surface area contributed by atoms with Crippen LogP contribution in [0.3, 0.4) is 0 Å². The molecule has 0 bridgehead atoms. The molecule has 146 valence electrons. The highest BCUT2D eigenvalue weighted by Crippen LogP contribution is 2.24. The first-order valence-electron chi connectivity index (χ1n) is 8.56. The summed E-state index contributed by atoms with van der Waals surface area (Å²) >= 11 is 1.20. The van der Waals surface area contributed by atoms with Crippen molar-refractivity contribution in [1.29, 1.82) is 0 Å². The van der Waals surface area contributed by atoms with Crippen LogP contribution in [0.15, 0.2) is 35.6 Å². The number of imidazole rings is 1. The highest BCUT2D eigenvalue weighted by molar-refractivity contribution is 7.99. The van der Waals surface area contributed by atoms with E-state index in [1.54, 1.807) is 22.8 Å². The molecule has 2 aromatic rings. The molecule has 2 amide bonds. The molecule has 8 nitrogen and oxygen atoms in total. The van der Waals surface area contributed by atoms with Gasteiger partial charge >= 0.3 is 0 Å². The number of thioether (sulfide) groups is 1. The number of hydrogen-bond acceptors (Lipinski definition) is 6. The van der Waals surface area contributed by atoms with Crippen LogP contribution in [0, 0.1) is 0 Å². The molecule has 27 heavy (non-hydrogen) atoms. The SMILES string of the molecule is CCCNC(=O)Cn1c(CO)cnc1SCC(=O)Nc1ccccc1OC. The largest absolute Gasteiger partial charge is 0.495 e. The molecular formula is C18H24N4O4S. The minimum Gasteiger partial charge on any atom is -0.495 e. The average molecular weight is 392 g/mol. The maximum atomic E-state index is 12.3. The van der Waals surface area contributed by atoms with Crippen LogP contribution in [0.5, 0.6) is 5.75 Å². The van der Waals surface area contributed by atoms with Crippen LogP contribution in [0.1, 0.15) is 19.0 Å². The fraction of sp³-hybridized carbons (Fsp3) is 0.389. The molecule has 0 saturated carbocycles. The van der Waals surface area contributed by atoms with Gasteiger partial charge in [0.05, 0.1) is 37.0 Å². The van der Waals surface area contributed by atoms with Crippen molar-refractivity contribution in [1.82, 2.24) is 14.9 Å². The van der Waals surface area contributed by atoms with Gasteiger partial charge in [0.1, 0.15) is 12.3 Å². The van der Waals surface area contributed by atoms with Crippen molar-refractivity contribution in [3.05, 3.63) is 36.2 Å². The van der Waals surface area contributed by atoms with E-state index < -0.39 is 0 Å². The smallest absolute Gasteiger partial charge is 0.240 e. The predicted molar refractivity (Wildman–Crippen MR) is 104 cm³/mol. The summed E-state index contributed by atoms with van der Waals surface area (Å²) in [5, 5.41) is 15.5. The van der Waals surface area contributed by atoms with Crippen LogP contribution in [0.2, 0.25) is 0 Å². The third-order valence-corrected chi connectivity index (χ3v) is 4.64. The summed E-state index contributed by atoms with van der Waals surface area (Å²) in [7, 11) is 1.54. The normalized spacial score (nSPS) is 10.5. The van der Waals surface area contributed by atoms with Crippen molar-refractivity contribution < 1.29 is 19.4 Å². The molecular weight excluding hydrogens is 368 g/mol. The maximum Gasteiger partial charge on any atom is 0.240 e. The van der Waals surface area contributed by atoms with Gasteiger partial charge in [-0.1, -0.05) is 30.8 Å². The van der Waals surface area contributed by atoms with E-state index in [9.17, 15) is 14.7 Å². The van der Waals surface area contributed by atoms with Gasteiger partial charge in [-0.15, -0.1) is 0 Å². The lowest BCUT2D eigenvalue weighted by atomic mass is 10.3. The monoisotopic (exact) mass is 392 g/mol. The average Bonchev–Trinajstić information content (AvgIpc) is 3.06. The van der Waals surface area contributed by atoms with Crippen LogP contribution < -0.4 is 15.4 Å². The molecule has 9 heteroatoms. The molecule has 0 atom stereocenters. The Morgan fingerprint density at radius 1 is 1.30 bits per heavy atom. The van der Waals surface area contributed by atoms with Crippen LogP contribution in [-0.2, 0) is 22.7 Å². The third kappa shape index (κ3) is 6.00. The quantitative estimate of drug-likeness (QED) is 0.531. The van der Waals surface area contributed by atoms with E-state index in [1.807, 2.05) is 13.0 Å². The van der Waals surface area contributed by atoms with E-state index in [2.05, 4.69) is 15.6 Å². The number of ether oxygens (including phenoxy) is 1. The number of anilines is 1.